The van der Waals surface area contributed by atoms with Gasteiger partial charge in [0.25, 0.3) is 0 Å². The normalized spacial score (nSPS) is 12.5. The monoisotopic (exact) mass is 203 g/mol. The molecule has 0 saturated carbocycles. The van der Waals surface area contributed by atoms with Crippen molar-refractivity contribution in [2.24, 2.45) is 0 Å². The zero-order valence-electron chi connectivity index (χ0n) is 8.42. The lowest BCUT2D eigenvalue weighted by Gasteiger charge is -2.18. The highest BCUT2D eigenvalue weighted by molar-refractivity contribution is 7.92. The predicted molar refractivity (Wildman–Crippen MR) is 55.2 cm³/mol. The fraction of sp³-hybridized carbons (Fsp3) is 0.778. The quantitative estimate of drug-likeness (QED) is 0.532. The third-order valence-electron chi connectivity index (χ3n) is 1.71. The van der Waals surface area contributed by atoms with E-state index in [-0.39, 0.29) is 5.75 Å². The van der Waals surface area contributed by atoms with Crippen LogP contribution in [0.1, 0.15) is 20.8 Å². The summed E-state index contributed by atoms with van der Waals surface area (Å²) in [6.07, 6.45) is 5.00. The van der Waals surface area contributed by atoms with Crippen molar-refractivity contribution < 1.29 is 8.42 Å². The molecule has 0 aliphatic carbocycles. The van der Waals surface area contributed by atoms with Crippen LogP contribution in [0.2, 0.25) is 0 Å². The summed E-state index contributed by atoms with van der Waals surface area (Å²) in [4.78, 5) is 0. The molecule has 0 aliphatic rings. The van der Waals surface area contributed by atoms with Crippen LogP contribution in [-0.4, -0.2) is 32.0 Å². The molecule has 0 amide bonds. The highest BCUT2D eigenvalue weighted by Gasteiger charge is 2.27. The van der Waals surface area contributed by atoms with Crippen LogP contribution in [0.4, 0.5) is 0 Å². The van der Waals surface area contributed by atoms with Gasteiger partial charge in [-0.3, -0.25) is 0 Å². The van der Waals surface area contributed by atoms with Gasteiger partial charge in [-0.05, 0) is 20.8 Å². The fourth-order valence-electron chi connectivity index (χ4n) is 0.673. The summed E-state index contributed by atoms with van der Waals surface area (Å²) in [5.74, 6) is 2.52. The van der Waals surface area contributed by atoms with Crippen molar-refractivity contribution in [1.82, 2.24) is 5.32 Å². The van der Waals surface area contributed by atoms with Gasteiger partial charge in [-0.25, -0.2) is 8.42 Å². The molecule has 3 nitrogen and oxygen atoms in total. The number of hydrogen-bond donors (Lipinski definition) is 1. The predicted octanol–water partition coefficient (Wildman–Crippen LogP) is 0.422. The van der Waals surface area contributed by atoms with E-state index in [4.69, 9.17) is 6.42 Å². The summed E-state index contributed by atoms with van der Waals surface area (Å²) in [6.45, 7) is 5.93. The molecule has 0 aromatic heterocycles. The number of terminal acetylenes is 1. The zero-order valence-corrected chi connectivity index (χ0v) is 9.24. The summed E-state index contributed by atoms with van der Waals surface area (Å²) < 4.78 is 22.4. The Bertz CT molecular complexity index is 280. The molecule has 0 aromatic rings. The molecule has 0 rings (SSSR count). The second kappa shape index (κ2) is 4.64. The van der Waals surface area contributed by atoms with Crippen LogP contribution >= 0.6 is 0 Å². The van der Waals surface area contributed by atoms with E-state index in [2.05, 4.69) is 11.2 Å². The van der Waals surface area contributed by atoms with Crippen LogP contribution < -0.4 is 5.32 Å². The first-order chi connectivity index (χ1) is 5.81. The van der Waals surface area contributed by atoms with E-state index < -0.39 is 14.6 Å². The van der Waals surface area contributed by atoms with Gasteiger partial charge in [-0.15, -0.1) is 6.42 Å². The highest BCUT2D eigenvalue weighted by atomic mass is 32.2. The van der Waals surface area contributed by atoms with Crippen molar-refractivity contribution in [2.75, 3.05) is 18.8 Å². The maximum absolute atomic E-state index is 11.5. The first-order valence-corrected chi connectivity index (χ1v) is 5.83. The third-order valence-corrected chi connectivity index (χ3v) is 4.32. The van der Waals surface area contributed by atoms with Crippen molar-refractivity contribution >= 4 is 9.84 Å². The Hall–Kier alpha value is -0.530. The summed E-state index contributed by atoms with van der Waals surface area (Å²) >= 11 is 0. The van der Waals surface area contributed by atoms with Crippen molar-refractivity contribution in [3.05, 3.63) is 0 Å². The zero-order chi connectivity index (χ0) is 10.5. The van der Waals surface area contributed by atoms with Gasteiger partial charge in [0.15, 0.2) is 9.84 Å². The third kappa shape index (κ3) is 4.30. The minimum absolute atomic E-state index is 0.137. The van der Waals surface area contributed by atoms with Gasteiger partial charge in [0.1, 0.15) is 0 Å². The molecule has 1 N–H and O–H groups in total. The van der Waals surface area contributed by atoms with Gasteiger partial charge in [0.05, 0.1) is 17.0 Å². The molecule has 13 heavy (non-hydrogen) atoms. The van der Waals surface area contributed by atoms with E-state index in [0.717, 1.165) is 0 Å². The molecular weight excluding hydrogens is 186 g/mol. The first kappa shape index (κ1) is 12.5. The Kier molecular flexibility index (Phi) is 4.45. The Labute approximate surface area is 80.8 Å². The molecule has 4 heteroatoms. The van der Waals surface area contributed by atoms with E-state index in [0.29, 0.717) is 13.1 Å². The summed E-state index contributed by atoms with van der Waals surface area (Å²) in [5, 5.41) is 2.85. The van der Waals surface area contributed by atoms with E-state index >= 15 is 0 Å². The van der Waals surface area contributed by atoms with Crippen LogP contribution in [0, 0.1) is 12.3 Å². The fourth-order valence-corrected chi connectivity index (χ4v) is 1.70. The standard InChI is InChI=1S/C9H17NO2S/c1-5-6-10-7-8-13(11,12)9(2,3)4/h1,10H,6-8H2,2-4H3. The molecule has 76 valence electrons. The molecule has 0 heterocycles. The maximum atomic E-state index is 11.5. The number of rotatable bonds is 4. The van der Waals surface area contributed by atoms with Gasteiger partial charge in [0, 0.05) is 6.54 Å². The average Bonchev–Trinajstić information content (AvgIpc) is 1.96. The van der Waals surface area contributed by atoms with Crippen LogP contribution in [0.5, 0.6) is 0 Å². The van der Waals surface area contributed by atoms with E-state index in [9.17, 15) is 8.42 Å². The van der Waals surface area contributed by atoms with Gasteiger partial charge in [-0.2, -0.15) is 0 Å². The minimum Gasteiger partial charge on any atom is -0.305 e. The van der Waals surface area contributed by atoms with Crippen molar-refractivity contribution in [1.29, 1.82) is 0 Å². The van der Waals surface area contributed by atoms with Crippen LogP contribution in [0.15, 0.2) is 0 Å². The summed E-state index contributed by atoms with van der Waals surface area (Å²) in [7, 11) is -3.01. The van der Waals surface area contributed by atoms with Crippen molar-refractivity contribution in [2.45, 2.75) is 25.5 Å². The van der Waals surface area contributed by atoms with Crippen LogP contribution in [0.25, 0.3) is 0 Å². The van der Waals surface area contributed by atoms with Crippen molar-refractivity contribution in [3.8, 4) is 12.3 Å². The SMILES string of the molecule is C#CCNCCS(=O)(=O)C(C)(C)C. The molecule has 0 saturated heterocycles. The lowest BCUT2D eigenvalue weighted by Crippen LogP contribution is -2.34. The van der Waals surface area contributed by atoms with Crippen LogP contribution in [0.3, 0.4) is 0 Å². The Morgan fingerprint density at radius 1 is 1.38 bits per heavy atom. The molecule has 0 aromatic carbocycles. The first-order valence-electron chi connectivity index (χ1n) is 4.18. The molecule has 0 atom stereocenters. The van der Waals surface area contributed by atoms with Gasteiger partial charge in [-0.1, -0.05) is 5.92 Å². The Morgan fingerprint density at radius 3 is 2.31 bits per heavy atom. The minimum atomic E-state index is -3.01. The number of hydrogen-bond acceptors (Lipinski definition) is 3. The maximum Gasteiger partial charge on any atom is 0.156 e. The number of nitrogens with one attached hydrogen (secondary N) is 1. The summed E-state index contributed by atoms with van der Waals surface area (Å²) in [5.41, 5.74) is 0. The van der Waals surface area contributed by atoms with Gasteiger partial charge < -0.3 is 5.32 Å². The molecule has 0 bridgehead atoms. The smallest absolute Gasteiger partial charge is 0.156 e. The topological polar surface area (TPSA) is 46.2 Å². The van der Waals surface area contributed by atoms with Gasteiger partial charge in [0.2, 0.25) is 0 Å². The second-order valence-electron chi connectivity index (χ2n) is 3.81. The molecule has 0 unspecified atom stereocenters. The average molecular weight is 203 g/mol. The Morgan fingerprint density at radius 2 is 1.92 bits per heavy atom. The molecule has 0 spiro atoms. The van der Waals surface area contributed by atoms with E-state index in [1.807, 2.05) is 0 Å². The molecule has 0 fully saturated rings. The Balaban J connectivity index is 4.01. The summed E-state index contributed by atoms with van der Waals surface area (Å²) in [6, 6.07) is 0. The lowest BCUT2D eigenvalue weighted by atomic mass is 10.3. The lowest BCUT2D eigenvalue weighted by molar-refractivity contribution is 0.557. The second-order valence-corrected chi connectivity index (χ2v) is 6.67. The molecular formula is C9H17NO2S. The largest absolute Gasteiger partial charge is 0.305 e. The number of sulfone groups is 1. The van der Waals surface area contributed by atoms with Crippen LogP contribution in [-0.2, 0) is 9.84 Å². The molecule has 0 radical (unpaired) electrons. The molecule has 0 aliphatic heterocycles. The van der Waals surface area contributed by atoms with E-state index in [1.54, 1.807) is 20.8 Å². The van der Waals surface area contributed by atoms with Crippen molar-refractivity contribution in [3.63, 3.8) is 0 Å². The van der Waals surface area contributed by atoms with Gasteiger partial charge >= 0.3 is 0 Å². The van der Waals surface area contributed by atoms with E-state index in [1.165, 1.54) is 0 Å². The highest BCUT2D eigenvalue weighted by Crippen LogP contribution is 2.14.